The molecule has 3 N–H and O–H groups in total. The van der Waals surface area contributed by atoms with E-state index in [0.29, 0.717) is 11.4 Å². The maximum absolute atomic E-state index is 13.2. The molecule has 0 aliphatic rings. The van der Waals surface area contributed by atoms with Crippen molar-refractivity contribution in [1.29, 1.82) is 0 Å². The summed E-state index contributed by atoms with van der Waals surface area (Å²) in [7, 11) is -2.51. The van der Waals surface area contributed by atoms with Crippen molar-refractivity contribution < 1.29 is 27.1 Å². The Morgan fingerprint density at radius 1 is 1.00 bits per heavy atom. The van der Waals surface area contributed by atoms with Crippen molar-refractivity contribution in [2.45, 2.75) is 18.7 Å². The average molecular weight is 530 g/mol. The number of nitrogen functional groups attached to an aromatic ring is 1. The van der Waals surface area contributed by atoms with Crippen molar-refractivity contribution in [3.63, 3.8) is 0 Å². The summed E-state index contributed by atoms with van der Waals surface area (Å²) in [6, 6.07) is 22.7. The predicted octanol–water partition coefficient (Wildman–Crippen LogP) is 7.33. The number of nitrogens with one attached hydrogen (secondary N) is 1. The number of thiophene rings is 1. The van der Waals surface area contributed by atoms with Crippen molar-refractivity contribution >= 4 is 42.0 Å². The van der Waals surface area contributed by atoms with E-state index >= 15 is 0 Å². The van der Waals surface area contributed by atoms with Crippen LogP contribution in [0.5, 0.6) is 0 Å². The fraction of sp³-hybridized carbons (Fsp3) is 0.115. The van der Waals surface area contributed by atoms with Gasteiger partial charge < -0.3 is 11.1 Å². The van der Waals surface area contributed by atoms with Gasteiger partial charge in [-0.3, -0.25) is 4.79 Å². The normalized spacial score (nSPS) is 12.7. The van der Waals surface area contributed by atoms with Crippen molar-refractivity contribution in [3.8, 4) is 10.4 Å². The van der Waals surface area contributed by atoms with Crippen LogP contribution in [0.15, 0.2) is 90.3 Å². The molecule has 1 amide bonds. The lowest BCUT2D eigenvalue weighted by molar-refractivity contribution is -0.150. The zero-order valence-electron chi connectivity index (χ0n) is 18.7. The average Bonchev–Trinajstić information content (AvgIpc) is 3.40. The summed E-state index contributed by atoms with van der Waals surface area (Å²) in [5.41, 5.74) is 8.09. The summed E-state index contributed by atoms with van der Waals surface area (Å²) in [5, 5.41) is 4.98. The SMILES string of the molecule is Nc1ccc(-c2cccs2)cc1NC(=O)c1ccc(C(CC(F)(F)F)O[P+](=O)c2ccccc2)cc1. The van der Waals surface area contributed by atoms with Crippen LogP contribution < -0.4 is 16.4 Å². The molecule has 0 fully saturated rings. The van der Waals surface area contributed by atoms with Crippen molar-refractivity contribution in [3.05, 3.63) is 101 Å². The number of nitrogens with two attached hydrogens (primary N) is 1. The number of benzene rings is 3. The van der Waals surface area contributed by atoms with Gasteiger partial charge in [0.2, 0.25) is 5.30 Å². The Morgan fingerprint density at radius 3 is 2.36 bits per heavy atom. The van der Waals surface area contributed by atoms with Crippen LogP contribution in [-0.4, -0.2) is 12.1 Å². The molecule has 0 spiro atoms. The van der Waals surface area contributed by atoms with E-state index in [0.717, 1.165) is 10.4 Å². The number of carbonyl (C=O) groups excluding carboxylic acids is 1. The highest BCUT2D eigenvalue weighted by Gasteiger charge is 2.38. The first-order valence-corrected chi connectivity index (χ1v) is 12.9. The third-order valence-electron chi connectivity index (χ3n) is 5.26. The molecule has 3 aromatic carbocycles. The highest BCUT2D eigenvalue weighted by atomic mass is 32.1. The minimum absolute atomic E-state index is 0.155. The summed E-state index contributed by atoms with van der Waals surface area (Å²) >= 11 is 1.55. The highest BCUT2D eigenvalue weighted by Crippen LogP contribution is 2.39. The molecule has 36 heavy (non-hydrogen) atoms. The summed E-state index contributed by atoms with van der Waals surface area (Å²) in [4.78, 5) is 13.8. The molecule has 2 unspecified atom stereocenters. The van der Waals surface area contributed by atoms with Gasteiger partial charge >= 0.3 is 14.2 Å². The Kier molecular flexibility index (Phi) is 7.84. The number of hydrogen-bond acceptors (Lipinski definition) is 5. The number of carbonyl (C=O) groups is 1. The molecule has 0 saturated carbocycles. The second kappa shape index (κ2) is 11.0. The van der Waals surface area contributed by atoms with Gasteiger partial charge in [0.05, 0.1) is 17.8 Å². The van der Waals surface area contributed by atoms with Crippen LogP contribution in [0.3, 0.4) is 0 Å². The van der Waals surface area contributed by atoms with E-state index in [-0.39, 0.29) is 16.4 Å². The van der Waals surface area contributed by atoms with Crippen molar-refractivity contribution in [2.24, 2.45) is 0 Å². The van der Waals surface area contributed by atoms with Gasteiger partial charge in [0, 0.05) is 10.4 Å². The van der Waals surface area contributed by atoms with Crippen LogP contribution >= 0.6 is 19.4 Å². The first-order valence-electron chi connectivity index (χ1n) is 10.8. The number of amides is 1. The molecule has 1 aromatic heterocycles. The molecule has 0 radical (unpaired) electrons. The monoisotopic (exact) mass is 529 g/mol. The molecule has 10 heteroatoms. The lowest BCUT2D eigenvalue weighted by atomic mass is 10.0. The van der Waals surface area contributed by atoms with Gasteiger partial charge in [-0.1, -0.05) is 42.5 Å². The number of hydrogen-bond donors (Lipinski definition) is 2. The van der Waals surface area contributed by atoms with E-state index in [2.05, 4.69) is 5.32 Å². The second-order valence-electron chi connectivity index (χ2n) is 7.86. The Morgan fingerprint density at radius 2 is 1.72 bits per heavy atom. The molecular weight excluding hydrogens is 508 g/mol. The van der Waals surface area contributed by atoms with Gasteiger partial charge in [0.25, 0.3) is 5.91 Å². The topological polar surface area (TPSA) is 81.4 Å². The number of alkyl halides is 3. The smallest absolute Gasteiger partial charge is 0.397 e. The minimum Gasteiger partial charge on any atom is -0.397 e. The number of anilines is 2. The Labute approximate surface area is 210 Å². The molecule has 0 saturated heterocycles. The molecule has 1 heterocycles. The van der Waals surface area contributed by atoms with E-state index in [1.807, 2.05) is 23.6 Å². The molecule has 184 valence electrons. The van der Waals surface area contributed by atoms with E-state index in [4.69, 9.17) is 10.3 Å². The molecule has 2 atom stereocenters. The molecule has 4 rings (SSSR count). The van der Waals surface area contributed by atoms with Gasteiger partial charge in [-0.2, -0.15) is 13.2 Å². The number of halogens is 3. The fourth-order valence-electron chi connectivity index (χ4n) is 3.46. The van der Waals surface area contributed by atoms with Crippen LogP contribution in [0, 0.1) is 0 Å². The molecule has 4 aromatic rings. The lowest BCUT2D eigenvalue weighted by Crippen LogP contribution is -2.16. The van der Waals surface area contributed by atoms with Gasteiger partial charge in [0.15, 0.2) is 0 Å². The quantitative estimate of drug-likeness (QED) is 0.185. The van der Waals surface area contributed by atoms with Crippen LogP contribution in [0.2, 0.25) is 0 Å². The fourth-order valence-corrected chi connectivity index (χ4v) is 5.15. The third kappa shape index (κ3) is 6.57. The van der Waals surface area contributed by atoms with Crippen LogP contribution in [0.1, 0.15) is 28.4 Å². The summed E-state index contributed by atoms with van der Waals surface area (Å²) in [6.07, 6.45) is -7.36. The molecular formula is C26H21F3N2O3PS+. The largest absolute Gasteiger partial charge is 0.549 e. The van der Waals surface area contributed by atoms with Crippen LogP contribution in [-0.2, 0) is 9.09 Å². The molecule has 5 nitrogen and oxygen atoms in total. The first kappa shape index (κ1) is 25.6. The highest BCUT2D eigenvalue weighted by molar-refractivity contribution is 7.48. The maximum Gasteiger partial charge on any atom is 0.549 e. The van der Waals surface area contributed by atoms with Crippen molar-refractivity contribution in [2.75, 3.05) is 11.1 Å². The Balaban J connectivity index is 1.51. The summed E-state index contributed by atoms with van der Waals surface area (Å²) in [5.74, 6) is -0.472. The summed E-state index contributed by atoms with van der Waals surface area (Å²) in [6.45, 7) is 0. The first-order chi connectivity index (χ1) is 17.2. The Bertz CT molecular complexity index is 1350. The van der Waals surface area contributed by atoms with Gasteiger partial charge in [0.1, 0.15) is 6.10 Å². The summed E-state index contributed by atoms with van der Waals surface area (Å²) < 4.78 is 57.5. The zero-order chi connectivity index (χ0) is 25.7. The standard InChI is InChI=1S/C26H20F3N2O3PS/c27-26(28,29)16-23(34-35(33)20-5-2-1-3-6-20)17-8-10-18(11-9-17)25(32)31-22-15-19(12-13-21(22)30)24-7-4-14-36-24/h1-15,23H,16,30H2/p+1. The molecule has 0 aliphatic carbocycles. The van der Waals surface area contributed by atoms with E-state index in [9.17, 15) is 22.5 Å². The van der Waals surface area contributed by atoms with Crippen LogP contribution in [0.4, 0.5) is 24.5 Å². The molecule has 0 bridgehead atoms. The predicted molar refractivity (Wildman–Crippen MR) is 137 cm³/mol. The van der Waals surface area contributed by atoms with Gasteiger partial charge in [-0.15, -0.1) is 15.9 Å². The van der Waals surface area contributed by atoms with E-state index < -0.39 is 32.6 Å². The zero-order valence-corrected chi connectivity index (χ0v) is 20.4. The van der Waals surface area contributed by atoms with Gasteiger partial charge in [-0.05, 0) is 63.5 Å². The van der Waals surface area contributed by atoms with E-state index in [1.165, 1.54) is 36.4 Å². The lowest BCUT2D eigenvalue weighted by Gasteiger charge is -2.15. The molecule has 0 aliphatic heterocycles. The Hall–Kier alpha value is -3.52. The maximum atomic E-state index is 13.2. The number of rotatable bonds is 8. The van der Waals surface area contributed by atoms with Crippen LogP contribution in [0.25, 0.3) is 10.4 Å². The van der Waals surface area contributed by atoms with Gasteiger partial charge in [-0.25, -0.2) is 0 Å². The third-order valence-corrected chi connectivity index (χ3v) is 7.34. The minimum atomic E-state index is -4.54. The second-order valence-corrected chi connectivity index (χ2v) is 10.1. The van der Waals surface area contributed by atoms with Crippen molar-refractivity contribution in [1.82, 2.24) is 0 Å². The van der Waals surface area contributed by atoms with E-state index in [1.54, 1.807) is 41.7 Å².